The maximum atomic E-state index is 11.9. The molecule has 0 aromatic carbocycles. The third kappa shape index (κ3) is 3.66. The van der Waals surface area contributed by atoms with Gasteiger partial charge in [0.05, 0.1) is 6.61 Å². The second-order valence-electron chi connectivity index (χ2n) is 5.08. The summed E-state index contributed by atoms with van der Waals surface area (Å²) in [5, 5.41) is 2.93. The van der Waals surface area contributed by atoms with Gasteiger partial charge in [0.1, 0.15) is 6.10 Å². The van der Waals surface area contributed by atoms with E-state index in [1.165, 1.54) is 0 Å². The van der Waals surface area contributed by atoms with Gasteiger partial charge < -0.3 is 19.5 Å². The highest BCUT2D eigenvalue weighted by Crippen LogP contribution is 2.22. The number of carbonyl (C=O) groups is 1. The average molecular weight is 243 g/mol. The second kappa shape index (κ2) is 5.33. The number of ether oxygens (including phenoxy) is 3. The minimum Gasteiger partial charge on any atom is -0.381 e. The summed E-state index contributed by atoms with van der Waals surface area (Å²) in [4.78, 5) is 11.9. The zero-order valence-electron chi connectivity index (χ0n) is 10.5. The third-order valence-electron chi connectivity index (χ3n) is 3.16. The van der Waals surface area contributed by atoms with Crippen LogP contribution in [0.4, 0.5) is 0 Å². The third-order valence-corrected chi connectivity index (χ3v) is 3.16. The van der Waals surface area contributed by atoms with Gasteiger partial charge in [-0.05, 0) is 26.7 Å². The Labute approximate surface area is 102 Å². The van der Waals surface area contributed by atoms with Crippen LogP contribution in [0.25, 0.3) is 0 Å². The largest absolute Gasteiger partial charge is 0.381 e. The quantitative estimate of drug-likeness (QED) is 0.792. The predicted molar refractivity (Wildman–Crippen MR) is 61.5 cm³/mol. The number of carbonyl (C=O) groups excluding carboxylic acids is 1. The van der Waals surface area contributed by atoms with Crippen LogP contribution in [0.2, 0.25) is 0 Å². The van der Waals surface area contributed by atoms with E-state index in [2.05, 4.69) is 5.32 Å². The van der Waals surface area contributed by atoms with Crippen molar-refractivity contribution in [1.82, 2.24) is 5.32 Å². The molecule has 0 aliphatic carbocycles. The number of hydrogen-bond donors (Lipinski definition) is 1. The zero-order valence-corrected chi connectivity index (χ0v) is 10.5. The molecule has 2 fully saturated rings. The first-order valence-corrected chi connectivity index (χ1v) is 6.24. The summed E-state index contributed by atoms with van der Waals surface area (Å²) >= 11 is 0. The van der Waals surface area contributed by atoms with Gasteiger partial charge in [-0.3, -0.25) is 4.79 Å². The van der Waals surface area contributed by atoms with Crippen LogP contribution < -0.4 is 5.32 Å². The molecule has 2 saturated heterocycles. The van der Waals surface area contributed by atoms with Crippen molar-refractivity contribution in [3.8, 4) is 0 Å². The van der Waals surface area contributed by atoms with Gasteiger partial charge >= 0.3 is 0 Å². The lowest BCUT2D eigenvalue weighted by molar-refractivity contribution is -0.140. The van der Waals surface area contributed by atoms with Crippen molar-refractivity contribution in [2.24, 2.45) is 5.92 Å². The van der Waals surface area contributed by atoms with E-state index >= 15 is 0 Å². The van der Waals surface area contributed by atoms with E-state index in [0.29, 0.717) is 26.4 Å². The molecule has 2 rings (SSSR count). The van der Waals surface area contributed by atoms with Crippen LogP contribution in [0, 0.1) is 5.92 Å². The molecule has 0 aromatic heterocycles. The minimum atomic E-state index is -0.520. The van der Waals surface area contributed by atoms with Crippen LogP contribution in [0.3, 0.4) is 0 Å². The van der Waals surface area contributed by atoms with E-state index in [-0.39, 0.29) is 17.9 Å². The van der Waals surface area contributed by atoms with Gasteiger partial charge in [0, 0.05) is 25.7 Å². The molecule has 0 bridgehead atoms. The highest BCUT2D eigenvalue weighted by Gasteiger charge is 2.33. The molecule has 2 aliphatic heterocycles. The fourth-order valence-electron chi connectivity index (χ4n) is 2.18. The van der Waals surface area contributed by atoms with Crippen LogP contribution in [0.15, 0.2) is 0 Å². The molecule has 5 heteroatoms. The van der Waals surface area contributed by atoms with Crippen LogP contribution in [-0.4, -0.2) is 44.2 Å². The molecule has 0 saturated carbocycles. The van der Waals surface area contributed by atoms with Gasteiger partial charge in [-0.25, -0.2) is 0 Å². The smallest absolute Gasteiger partial charge is 0.223 e. The highest BCUT2D eigenvalue weighted by atomic mass is 16.7. The topological polar surface area (TPSA) is 56.8 Å². The van der Waals surface area contributed by atoms with Gasteiger partial charge in [0.2, 0.25) is 5.91 Å². The summed E-state index contributed by atoms with van der Waals surface area (Å²) in [7, 11) is 0. The molecule has 2 aliphatic rings. The van der Waals surface area contributed by atoms with Crippen molar-refractivity contribution in [2.45, 2.75) is 38.6 Å². The first kappa shape index (κ1) is 12.8. The van der Waals surface area contributed by atoms with Crippen molar-refractivity contribution in [1.29, 1.82) is 0 Å². The Morgan fingerprint density at radius 2 is 2.06 bits per heavy atom. The summed E-state index contributed by atoms with van der Waals surface area (Å²) < 4.78 is 16.3. The second-order valence-corrected chi connectivity index (χ2v) is 5.08. The first-order chi connectivity index (χ1) is 8.07. The molecule has 0 spiro atoms. The van der Waals surface area contributed by atoms with E-state index in [1.807, 2.05) is 13.8 Å². The fraction of sp³-hybridized carbons (Fsp3) is 0.917. The summed E-state index contributed by atoms with van der Waals surface area (Å²) in [6, 6.07) is 0. The molecule has 98 valence electrons. The zero-order chi connectivity index (χ0) is 12.3. The summed E-state index contributed by atoms with van der Waals surface area (Å²) in [5.41, 5.74) is 0. The van der Waals surface area contributed by atoms with Crippen LogP contribution in [0.1, 0.15) is 26.7 Å². The predicted octanol–water partition coefficient (Wildman–Crippen LogP) is 0.681. The van der Waals surface area contributed by atoms with Crippen molar-refractivity contribution < 1.29 is 19.0 Å². The van der Waals surface area contributed by atoms with Gasteiger partial charge in [0.25, 0.3) is 0 Å². The Balaban J connectivity index is 1.69. The minimum absolute atomic E-state index is 0.0335. The molecule has 1 atom stereocenters. The average Bonchev–Trinajstić information content (AvgIpc) is 2.67. The van der Waals surface area contributed by atoms with Crippen LogP contribution in [0.5, 0.6) is 0 Å². The standard InChI is InChI=1S/C12H21NO4/c1-12(2)16-8-10(17-12)7-13-11(14)9-3-5-15-6-4-9/h9-10H,3-8H2,1-2H3,(H,13,14). The number of amides is 1. The SMILES string of the molecule is CC1(C)OCC(CNC(=O)C2CCOCC2)O1. The molecule has 1 N–H and O–H groups in total. The molecule has 1 amide bonds. The van der Waals surface area contributed by atoms with Gasteiger partial charge in [0.15, 0.2) is 5.79 Å². The van der Waals surface area contributed by atoms with Crippen molar-refractivity contribution >= 4 is 5.91 Å². The van der Waals surface area contributed by atoms with Crippen molar-refractivity contribution in [3.05, 3.63) is 0 Å². The number of hydrogen-bond acceptors (Lipinski definition) is 4. The monoisotopic (exact) mass is 243 g/mol. The Kier molecular flexibility index (Phi) is 4.01. The Bertz CT molecular complexity index is 274. The van der Waals surface area contributed by atoms with Crippen molar-refractivity contribution in [2.75, 3.05) is 26.4 Å². The molecule has 2 heterocycles. The van der Waals surface area contributed by atoms with E-state index < -0.39 is 5.79 Å². The van der Waals surface area contributed by atoms with Crippen LogP contribution in [-0.2, 0) is 19.0 Å². The number of nitrogens with one attached hydrogen (secondary N) is 1. The molecular formula is C12H21NO4. The first-order valence-electron chi connectivity index (χ1n) is 6.24. The van der Waals surface area contributed by atoms with Gasteiger partial charge in [-0.2, -0.15) is 0 Å². The van der Waals surface area contributed by atoms with Crippen molar-refractivity contribution in [3.63, 3.8) is 0 Å². The fourth-order valence-corrected chi connectivity index (χ4v) is 2.18. The van der Waals surface area contributed by atoms with E-state index in [4.69, 9.17) is 14.2 Å². The molecular weight excluding hydrogens is 222 g/mol. The maximum absolute atomic E-state index is 11.9. The lowest BCUT2D eigenvalue weighted by Gasteiger charge is -2.22. The molecule has 0 radical (unpaired) electrons. The number of rotatable bonds is 3. The lowest BCUT2D eigenvalue weighted by atomic mass is 9.99. The Hall–Kier alpha value is -0.650. The van der Waals surface area contributed by atoms with Crippen LogP contribution >= 0.6 is 0 Å². The maximum Gasteiger partial charge on any atom is 0.223 e. The Morgan fingerprint density at radius 1 is 1.35 bits per heavy atom. The van der Waals surface area contributed by atoms with E-state index in [9.17, 15) is 4.79 Å². The van der Waals surface area contributed by atoms with E-state index in [0.717, 1.165) is 12.8 Å². The summed E-state index contributed by atoms with van der Waals surface area (Å²) in [5.74, 6) is -0.311. The van der Waals surface area contributed by atoms with Gasteiger partial charge in [-0.1, -0.05) is 0 Å². The summed E-state index contributed by atoms with van der Waals surface area (Å²) in [6.45, 7) is 6.21. The van der Waals surface area contributed by atoms with E-state index in [1.54, 1.807) is 0 Å². The van der Waals surface area contributed by atoms with Gasteiger partial charge in [-0.15, -0.1) is 0 Å². The highest BCUT2D eigenvalue weighted by molar-refractivity contribution is 5.78. The molecule has 5 nitrogen and oxygen atoms in total. The summed E-state index contributed by atoms with van der Waals surface area (Å²) in [6.07, 6.45) is 1.60. The molecule has 1 unspecified atom stereocenters. The molecule has 17 heavy (non-hydrogen) atoms. The molecule has 0 aromatic rings. The normalized spacial score (nSPS) is 29.2. The Morgan fingerprint density at radius 3 is 2.65 bits per heavy atom. The lowest BCUT2D eigenvalue weighted by Crippen LogP contribution is -2.39.